The van der Waals surface area contributed by atoms with Crippen LogP contribution in [0.25, 0.3) is 10.9 Å². The van der Waals surface area contributed by atoms with Gasteiger partial charge in [-0.3, -0.25) is 4.79 Å². The molecule has 0 saturated heterocycles. The molecule has 1 heterocycles. The number of fused-ring (bicyclic) bond motifs is 1. The highest BCUT2D eigenvalue weighted by Crippen LogP contribution is 2.24. The number of benzene rings is 3. The number of ether oxygens (including phenoxy) is 1. The zero-order chi connectivity index (χ0) is 25.2. The lowest BCUT2D eigenvalue weighted by Crippen LogP contribution is -2.33. The van der Waals surface area contributed by atoms with E-state index < -0.39 is 33.9 Å². The number of halogens is 2. The first-order valence-corrected chi connectivity index (χ1v) is 11.8. The van der Waals surface area contributed by atoms with Gasteiger partial charge < -0.3 is 14.6 Å². The number of carbonyl (C=O) groups excluding carboxylic acids is 2. The summed E-state index contributed by atoms with van der Waals surface area (Å²) in [5, 5.41) is 3.07. The number of amides is 2. The molecule has 0 saturated carbocycles. The second kappa shape index (κ2) is 9.55. The lowest BCUT2D eigenvalue weighted by molar-refractivity contribution is -0.118. The first-order valence-electron chi connectivity index (χ1n) is 10.3. The molecule has 1 atom stereocenters. The molecular formula is C24H23F2N3O5S. The predicted octanol–water partition coefficient (Wildman–Crippen LogP) is 5.09. The summed E-state index contributed by atoms with van der Waals surface area (Å²) in [6.07, 6.45) is 0.350. The van der Waals surface area contributed by atoms with E-state index in [4.69, 9.17) is 4.74 Å². The first-order chi connectivity index (χ1) is 16.6. The van der Waals surface area contributed by atoms with E-state index in [0.29, 0.717) is 16.6 Å². The maximum absolute atomic E-state index is 13.9. The summed E-state index contributed by atoms with van der Waals surface area (Å²) in [7, 11) is -4.26. The summed E-state index contributed by atoms with van der Waals surface area (Å²) in [4.78, 5) is 24.4. The van der Waals surface area contributed by atoms with Crippen LogP contribution < -0.4 is 14.8 Å². The van der Waals surface area contributed by atoms with E-state index in [-0.39, 0.29) is 19.3 Å². The van der Waals surface area contributed by atoms with Crippen LogP contribution in [0.4, 0.5) is 19.3 Å². The summed E-state index contributed by atoms with van der Waals surface area (Å²) < 4.78 is 60.0. The molecule has 0 aliphatic rings. The summed E-state index contributed by atoms with van der Waals surface area (Å²) in [6.45, 7) is 1.65. The van der Waals surface area contributed by atoms with Gasteiger partial charge in [-0.2, -0.15) is 0 Å². The molecule has 2 N–H and O–H groups in total. The normalized spacial score (nSPS) is 12.2. The van der Waals surface area contributed by atoms with E-state index in [0.717, 1.165) is 12.1 Å². The third-order valence-electron chi connectivity index (χ3n) is 5.18. The SMILES string of the molecule is C[C@H](C(=O)Nc1ccc(S(=O)(=O)NC(=O)Oc2ccc(F)cc2)cc1)n1ccc2c(F)cccc21.[HH].[HH]. The highest BCUT2D eigenvalue weighted by atomic mass is 32.2. The van der Waals surface area contributed by atoms with Gasteiger partial charge in [-0.15, -0.1) is 0 Å². The Morgan fingerprint density at radius 2 is 1.66 bits per heavy atom. The predicted molar refractivity (Wildman–Crippen MR) is 129 cm³/mol. The van der Waals surface area contributed by atoms with Crippen LogP contribution in [-0.4, -0.2) is 25.0 Å². The number of rotatable bonds is 6. The number of sulfonamides is 1. The number of nitrogens with one attached hydrogen (secondary N) is 2. The van der Waals surface area contributed by atoms with Crippen LogP contribution >= 0.6 is 0 Å². The van der Waals surface area contributed by atoms with Crippen molar-refractivity contribution in [3.05, 3.63) is 90.6 Å². The quantitative estimate of drug-likeness (QED) is 0.381. The van der Waals surface area contributed by atoms with Gasteiger partial charge in [0, 0.05) is 20.1 Å². The van der Waals surface area contributed by atoms with Crippen molar-refractivity contribution in [3.8, 4) is 5.75 Å². The number of hydrogen-bond donors (Lipinski definition) is 2. The Morgan fingerprint density at radius 1 is 0.971 bits per heavy atom. The molecule has 4 rings (SSSR count). The molecule has 0 radical (unpaired) electrons. The fraction of sp³-hybridized carbons (Fsp3) is 0.0833. The maximum Gasteiger partial charge on any atom is 0.426 e. The Labute approximate surface area is 202 Å². The second-order valence-electron chi connectivity index (χ2n) is 7.53. The average Bonchev–Trinajstić information content (AvgIpc) is 3.25. The molecule has 1 aromatic heterocycles. The van der Waals surface area contributed by atoms with Crippen LogP contribution in [-0.2, 0) is 14.8 Å². The van der Waals surface area contributed by atoms with Gasteiger partial charge in [-0.25, -0.2) is 26.7 Å². The highest BCUT2D eigenvalue weighted by molar-refractivity contribution is 7.90. The smallest absolute Gasteiger partial charge is 0.410 e. The van der Waals surface area contributed by atoms with Crippen LogP contribution in [0.5, 0.6) is 5.75 Å². The minimum Gasteiger partial charge on any atom is -0.410 e. The van der Waals surface area contributed by atoms with Crippen molar-refractivity contribution in [1.29, 1.82) is 0 Å². The molecule has 0 fully saturated rings. The van der Waals surface area contributed by atoms with Gasteiger partial charge in [0.05, 0.1) is 10.4 Å². The highest BCUT2D eigenvalue weighted by Gasteiger charge is 2.21. The minimum atomic E-state index is -4.26. The van der Waals surface area contributed by atoms with Crippen LogP contribution in [0.2, 0.25) is 0 Å². The van der Waals surface area contributed by atoms with Crippen LogP contribution in [0, 0.1) is 11.6 Å². The molecule has 0 aliphatic heterocycles. The molecule has 3 aromatic carbocycles. The molecule has 0 bridgehead atoms. The van der Waals surface area contributed by atoms with E-state index in [1.54, 1.807) is 40.6 Å². The van der Waals surface area contributed by atoms with Crippen molar-refractivity contribution in [3.63, 3.8) is 0 Å². The third-order valence-corrected chi connectivity index (χ3v) is 6.51. The molecule has 2 amide bonds. The Bertz CT molecular complexity index is 1510. The Balaban J connectivity index is 0.00000241. The molecule has 35 heavy (non-hydrogen) atoms. The van der Waals surface area contributed by atoms with Crippen molar-refractivity contribution in [2.24, 2.45) is 0 Å². The Kier molecular flexibility index (Phi) is 6.52. The number of nitrogens with zero attached hydrogens (tertiary/aromatic N) is 1. The summed E-state index contributed by atoms with van der Waals surface area (Å²) in [6, 6.07) is 15.1. The van der Waals surface area contributed by atoms with E-state index in [2.05, 4.69) is 5.32 Å². The number of carbonyl (C=O) groups is 2. The molecule has 0 aliphatic carbocycles. The Hall–Kier alpha value is -4.25. The number of hydrogen-bond acceptors (Lipinski definition) is 5. The van der Waals surface area contributed by atoms with Gasteiger partial charge >= 0.3 is 6.09 Å². The van der Waals surface area contributed by atoms with Gasteiger partial charge in [-0.05, 0) is 73.7 Å². The lowest BCUT2D eigenvalue weighted by atomic mass is 10.2. The van der Waals surface area contributed by atoms with Crippen LogP contribution in [0.1, 0.15) is 15.8 Å². The standard InChI is InChI=1S/C24H19F2N3O5S.2H2/c1-15(29-14-13-20-21(26)3-2-4-22(20)29)23(30)27-17-7-11-19(12-8-17)35(32,33)28-24(31)34-18-9-5-16(25)6-10-18;;/h2-15H,1H3,(H,27,30)(H,28,31);2*1H/t15-;;/m1../s1. The van der Waals surface area contributed by atoms with Crippen molar-refractivity contribution < 1.29 is 34.4 Å². The van der Waals surface area contributed by atoms with Crippen molar-refractivity contribution >= 4 is 38.6 Å². The van der Waals surface area contributed by atoms with Crippen LogP contribution in [0.15, 0.2) is 83.9 Å². The van der Waals surface area contributed by atoms with Gasteiger partial charge in [0.1, 0.15) is 23.4 Å². The van der Waals surface area contributed by atoms with Crippen LogP contribution in [0.3, 0.4) is 0 Å². The third kappa shape index (κ3) is 5.30. The van der Waals surface area contributed by atoms with E-state index in [1.165, 1.54) is 42.5 Å². The number of anilines is 1. The molecule has 8 nitrogen and oxygen atoms in total. The van der Waals surface area contributed by atoms with Crippen molar-refractivity contribution in [2.45, 2.75) is 17.9 Å². The fourth-order valence-electron chi connectivity index (χ4n) is 3.38. The topological polar surface area (TPSA) is 106 Å². The van der Waals surface area contributed by atoms with Gasteiger partial charge in [0.2, 0.25) is 5.91 Å². The minimum absolute atomic E-state index is 0. The van der Waals surface area contributed by atoms with Gasteiger partial charge in [-0.1, -0.05) is 6.07 Å². The second-order valence-corrected chi connectivity index (χ2v) is 9.22. The molecule has 11 heteroatoms. The van der Waals surface area contributed by atoms with Crippen molar-refractivity contribution in [2.75, 3.05) is 5.32 Å². The molecule has 4 aromatic rings. The van der Waals surface area contributed by atoms with Crippen molar-refractivity contribution in [1.82, 2.24) is 9.29 Å². The largest absolute Gasteiger partial charge is 0.426 e. The van der Waals surface area contributed by atoms with E-state index >= 15 is 0 Å². The summed E-state index contributed by atoms with van der Waals surface area (Å²) >= 11 is 0. The van der Waals surface area contributed by atoms with E-state index in [1.807, 2.05) is 0 Å². The first kappa shape index (κ1) is 23.9. The van der Waals surface area contributed by atoms with E-state index in [9.17, 15) is 26.8 Å². The maximum atomic E-state index is 13.9. The lowest BCUT2D eigenvalue weighted by Gasteiger charge is -2.16. The number of aromatic nitrogens is 1. The fourth-order valence-corrected chi connectivity index (χ4v) is 4.25. The average molecular weight is 504 g/mol. The molecule has 0 unspecified atom stereocenters. The zero-order valence-electron chi connectivity index (χ0n) is 18.2. The molecule has 184 valence electrons. The molecular weight excluding hydrogens is 480 g/mol. The Morgan fingerprint density at radius 3 is 2.34 bits per heavy atom. The molecule has 0 spiro atoms. The van der Waals surface area contributed by atoms with Gasteiger partial charge in [0.15, 0.2) is 0 Å². The summed E-state index contributed by atoms with van der Waals surface area (Å²) in [5.41, 5.74) is 0.880. The zero-order valence-corrected chi connectivity index (χ0v) is 19.1. The summed E-state index contributed by atoms with van der Waals surface area (Å²) in [5.74, 6) is -1.36. The van der Waals surface area contributed by atoms with Gasteiger partial charge in [0.25, 0.3) is 10.0 Å². The monoisotopic (exact) mass is 503 g/mol.